The van der Waals surface area contributed by atoms with Crippen LogP contribution in [-0.2, 0) is 0 Å². The lowest BCUT2D eigenvalue weighted by Gasteiger charge is -2.25. The number of hydrogen-bond acceptors (Lipinski definition) is 6. The molecule has 4 aromatic rings. The lowest BCUT2D eigenvalue weighted by Crippen LogP contribution is -2.25. The number of allylic oxidation sites excluding steroid dienone is 2. The zero-order chi connectivity index (χ0) is 38.7. The van der Waals surface area contributed by atoms with Gasteiger partial charge in [-0.15, -0.1) is 0 Å². The summed E-state index contributed by atoms with van der Waals surface area (Å²) in [7, 11) is 0. The maximum Gasteiger partial charge on any atom is 0.138 e. The first-order chi connectivity index (χ1) is 26.5. The van der Waals surface area contributed by atoms with Crippen LogP contribution in [0.15, 0.2) is 108 Å². The summed E-state index contributed by atoms with van der Waals surface area (Å²) < 4.78 is 0. The van der Waals surface area contributed by atoms with Gasteiger partial charge in [0.25, 0.3) is 0 Å². The lowest BCUT2D eigenvalue weighted by molar-refractivity contribution is 0.678. The number of nitriles is 4. The fourth-order valence-corrected chi connectivity index (χ4v) is 6.71. The van der Waals surface area contributed by atoms with E-state index < -0.39 is 0 Å². The molecule has 0 saturated heterocycles. The summed E-state index contributed by atoms with van der Waals surface area (Å²) in [5.74, 6) is 0. The zero-order valence-electron chi connectivity index (χ0n) is 32.4. The summed E-state index contributed by atoms with van der Waals surface area (Å²) >= 11 is 0. The predicted molar refractivity (Wildman–Crippen MR) is 223 cm³/mol. The first-order valence-electron chi connectivity index (χ1n) is 19.5. The molecule has 54 heavy (non-hydrogen) atoms. The number of nitrogens with zero attached hydrogens (tertiary/aromatic N) is 6. The highest BCUT2D eigenvalue weighted by molar-refractivity contribution is 5.90. The molecule has 0 aliphatic rings. The first-order valence-corrected chi connectivity index (χ1v) is 19.5. The van der Waals surface area contributed by atoms with E-state index in [2.05, 4.69) is 86.0 Å². The van der Waals surface area contributed by atoms with Gasteiger partial charge in [0.05, 0.1) is 0 Å². The van der Waals surface area contributed by atoms with E-state index in [9.17, 15) is 21.0 Å². The Morgan fingerprint density at radius 3 is 1.02 bits per heavy atom. The van der Waals surface area contributed by atoms with Crippen molar-refractivity contribution in [1.82, 2.24) is 0 Å². The molecule has 0 radical (unpaired) electrons. The van der Waals surface area contributed by atoms with Crippen molar-refractivity contribution in [3.05, 3.63) is 130 Å². The lowest BCUT2D eigenvalue weighted by atomic mass is 9.89. The monoisotopic (exact) mass is 712 g/mol. The van der Waals surface area contributed by atoms with Gasteiger partial charge in [-0.3, -0.25) is 0 Å². The number of benzene rings is 4. The van der Waals surface area contributed by atoms with Crippen LogP contribution in [0.2, 0.25) is 0 Å². The zero-order valence-corrected chi connectivity index (χ0v) is 32.4. The molecule has 0 atom stereocenters. The third kappa shape index (κ3) is 10.5. The average Bonchev–Trinajstić information content (AvgIpc) is 3.22. The third-order valence-corrected chi connectivity index (χ3v) is 9.75. The van der Waals surface area contributed by atoms with Gasteiger partial charge in [-0.05, 0) is 95.5 Å². The van der Waals surface area contributed by atoms with Gasteiger partial charge in [-0.1, -0.05) is 114 Å². The Hall–Kier alpha value is -6.08. The maximum absolute atomic E-state index is 10.1. The first kappa shape index (κ1) is 40.7. The van der Waals surface area contributed by atoms with E-state index in [0.717, 1.165) is 122 Å². The molecule has 0 aliphatic carbocycles. The molecule has 0 aliphatic heterocycles. The summed E-state index contributed by atoms with van der Waals surface area (Å²) in [5, 5.41) is 40.3. The standard InChI is InChI=1S/C48H52N6/c1-5-9-27-53(28-10-6-2)45-23-19-37(20-24-45)47(43(33-49)34-50)41-17-13-15-39(31-41)40-16-14-18-42(32-40)48(44(35-51)36-52)38-21-25-46(26-22-38)54(29-11-7-3)30-12-8-4/h13-26,31-32H,5-12,27-30H2,1-4H3. The number of unbranched alkanes of at least 4 members (excludes halogenated alkanes) is 4. The molecule has 0 amide bonds. The summed E-state index contributed by atoms with van der Waals surface area (Å²) in [6.45, 7) is 12.8. The van der Waals surface area contributed by atoms with Crippen molar-refractivity contribution in [2.75, 3.05) is 36.0 Å². The maximum atomic E-state index is 10.1. The molecule has 0 aromatic heterocycles. The van der Waals surface area contributed by atoms with Gasteiger partial charge in [-0.25, -0.2) is 0 Å². The molecule has 0 spiro atoms. The van der Waals surface area contributed by atoms with E-state index in [1.54, 1.807) is 0 Å². The molecule has 4 aromatic carbocycles. The molecule has 0 saturated carbocycles. The van der Waals surface area contributed by atoms with Crippen molar-refractivity contribution in [2.45, 2.75) is 79.1 Å². The van der Waals surface area contributed by atoms with Crippen LogP contribution in [0.3, 0.4) is 0 Å². The Kier molecular flexibility index (Phi) is 16.2. The Bertz CT molecular complexity index is 1860. The van der Waals surface area contributed by atoms with Crippen LogP contribution in [-0.4, -0.2) is 26.2 Å². The molecular weight excluding hydrogens is 661 g/mol. The topological polar surface area (TPSA) is 102 Å². The van der Waals surface area contributed by atoms with Crippen molar-refractivity contribution >= 4 is 22.5 Å². The molecule has 0 bridgehead atoms. The highest BCUT2D eigenvalue weighted by Crippen LogP contribution is 2.35. The van der Waals surface area contributed by atoms with Crippen LogP contribution >= 0.6 is 0 Å². The molecule has 4 rings (SSSR count). The Morgan fingerprint density at radius 2 is 0.741 bits per heavy atom. The fraction of sp³-hybridized carbons (Fsp3) is 0.333. The molecule has 0 unspecified atom stereocenters. The SMILES string of the molecule is CCCCN(CCCC)c1ccc(C(=C(C#N)C#N)c2cccc(-c3cccc(C(=C(C#N)C#N)c4ccc(N(CCCC)CCCC)cc4)c3)c2)cc1. The van der Waals surface area contributed by atoms with Gasteiger partial charge in [-0.2, -0.15) is 21.0 Å². The van der Waals surface area contributed by atoms with Crippen molar-refractivity contribution in [3.63, 3.8) is 0 Å². The average molecular weight is 713 g/mol. The van der Waals surface area contributed by atoms with E-state index in [1.165, 1.54) is 0 Å². The minimum absolute atomic E-state index is 0.0479. The molecule has 274 valence electrons. The van der Waals surface area contributed by atoms with Crippen molar-refractivity contribution in [3.8, 4) is 35.4 Å². The van der Waals surface area contributed by atoms with E-state index in [4.69, 9.17) is 0 Å². The second-order valence-electron chi connectivity index (χ2n) is 13.6. The van der Waals surface area contributed by atoms with Gasteiger partial charge < -0.3 is 9.80 Å². The van der Waals surface area contributed by atoms with E-state index in [0.29, 0.717) is 11.1 Å². The van der Waals surface area contributed by atoms with Crippen molar-refractivity contribution in [2.24, 2.45) is 0 Å². The predicted octanol–water partition coefficient (Wildman–Crippen LogP) is 11.9. The summed E-state index contributed by atoms with van der Waals surface area (Å²) in [6, 6.07) is 40.7. The van der Waals surface area contributed by atoms with Crippen LogP contribution < -0.4 is 9.80 Å². The second kappa shape index (κ2) is 21.4. The molecule has 0 N–H and O–H groups in total. The van der Waals surface area contributed by atoms with Crippen LogP contribution in [0.25, 0.3) is 22.3 Å². The molecule has 6 heteroatoms. The molecule has 6 nitrogen and oxygen atoms in total. The Labute approximate surface area is 323 Å². The highest BCUT2D eigenvalue weighted by Gasteiger charge is 2.17. The molecule has 0 fully saturated rings. The van der Waals surface area contributed by atoms with Gasteiger partial charge in [0.15, 0.2) is 0 Å². The minimum Gasteiger partial charge on any atom is -0.372 e. The smallest absolute Gasteiger partial charge is 0.138 e. The van der Waals surface area contributed by atoms with Gasteiger partial charge in [0, 0.05) is 48.7 Å². The largest absolute Gasteiger partial charge is 0.372 e. The molecule has 0 heterocycles. The fourth-order valence-electron chi connectivity index (χ4n) is 6.71. The van der Waals surface area contributed by atoms with Crippen LogP contribution in [0, 0.1) is 45.3 Å². The van der Waals surface area contributed by atoms with Crippen LogP contribution in [0.5, 0.6) is 0 Å². The highest BCUT2D eigenvalue weighted by atomic mass is 15.1. The van der Waals surface area contributed by atoms with Gasteiger partial charge in [0.1, 0.15) is 35.4 Å². The number of rotatable bonds is 19. The summed E-state index contributed by atoms with van der Waals surface area (Å²) in [4.78, 5) is 4.83. The minimum atomic E-state index is 0.0479. The summed E-state index contributed by atoms with van der Waals surface area (Å²) in [6.07, 6.45) is 8.97. The van der Waals surface area contributed by atoms with Crippen LogP contribution in [0.4, 0.5) is 11.4 Å². The van der Waals surface area contributed by atoms with Gasteiger partial charge in [0.2, 0.25) is 0 Å². The normalized spacial score (nSPS) is 10.3. The Morgan fingerprint density at radius 1 is 0.426 bits per heavy atom. The summed E-state index contributed by atoms with van der Waals surface area (Å²) in [5.41, 5.74) is 8.44. The van der Waals surface area contributed by atoms with Crippen molar-refractivity contribution < 1.29 is 0 Å². The van der Waals surface area contributed by atoms with Gasteiger partial charge >= 0.3 is 0 Å². The van der Waals surface area contributed by atoms with E-state index >= 15 is 0 Å². The Balaban J connectivity index is 1.74. The number of hydrogen-bond donors (Lipinski definition) is 0. The second-order valence-corrected chi connectivity index (χ2v) is 13.6. The van der Waals surface area contributed by atoms with E-state index in [1.807, 2.05) is 72.8 Å². The van der Waals surface area contributed by atoms with Crippen molar-refractivity contribution in [1.29, 1.82) is 21.0 Å². The quantitative estimate of drug-likeness (QED) is 0.0897. The number of anilines is 2. The molecular formula is C48H52N6. The van der Waals surface area contributed by atoms with E-state index in [-0.39, 0.29) is 11.1 Å². The third-order valence-electron chi connectivity index (χ3n) is 9.75. The van der Waals surface area contributed by atoms with Crippen LogP contribution in [0.1, 0.15) is 101 Å².